The van der Waals surface area contributed by atoms with Crippen molar-refractivity contribution in [2.75, 3.05) is 9.80 Å². The largest absolute Gasteiger partial charge is 0.307 e. The van der Waals surface area contributed by atoms with Crippen LogP contribution in [0.25, 0.3) is 54.6 Å². The lowest BCUT2D eigenvalue weighted by Gasteiger charge is -2.31. The Hall–Kier alpha value is -7.30. The summed E-state index contributed by atoms with van der Waals surface area (Å²) in [6, 6.07) is 67.5. The van der Waals surface area contributed by atoms with E-state index >= 15 is 8.78 Å². The molecule has 10 aromatic rings. The molecule has 0 aliphatic heterocycles. The van der Waals surface area contributed by atoms with Crippen molar-refractivity contribution in [3.05, 3.63) is 218 Å². The second-order valence-corrected chi connectivity index (χ2v) is 13.9. The van der Waals surface area contributed by atoms with E-state index in [0.29, 0.717) is 11.4 Å². The SMILES string of the molecule is Fc1cccc(-c2ccccc2)c1N(c1ccccc1)c1ccc2ccc3c(N(c4ccccc4)c4c(F)cccc4-c4ccccc4)ccc4ccc1c2c43. The van der Waals surface area contributed by atoms with E-state index in [1.807, 2.05) is 143 Å². The van der Waals surface area contributed by atoms with Crippen molar-refractivity contribution in [3.63, 3.8) is 0 Å². The number of anilines is 6. The molecule has 0 bridgehead atoms. The third-order valence-electron chi connectivity index (χ3n) is 10.7. The molecule has 10 rings (SSSR count). The highest BCUT2D eigenvalue weighted by Gasteiger charge is 2.26. The number of para-hydroxylation sites is 4. The molecule has 0 saturated carbocycles. The molecule has 0 saturated heterocycles. The minimum atomic E-state index is -0.319. The maximum absolute atomic E-state index is 16.5. The third-order valence-corrected chi connectivity index (χ3v) is 10.7. The molecule has 0 spiro atoms. The highest BCUT2D eigenvalue weighted by Crippen LogP contribution is 2.50. The lowest BCUT2D eigenvalue weighted by molar-refractivity contribution is 0.629. The van der Waals surface area contributed by atoms with Gasteiger partial charge < -0.3 is 9.80 Å². The van der Waals surface area contributed by atoms with Gasteiger partial charge in [-0.1, -0.05) is 158 Å². The lowest BCUT2D eigenvalue weighted by Crippen LogP contribution is -2.14. The van der Waals surface area contributed by atoms with Crippen molar-refractivity contribution < 1.29 is 8.78 Å². The van der Waals surface area contributed by atoms with Gasteiger partial charge in [-0.05, 0) is 81.2 Å². The zero-order valence-electron chi connectivity index (χ0n) is 30.3. The van der Waals surface area contributed by atoms with E-state index in [-0.39, 0.29) is 11.6 Å². The molecule has 2 nitrogen and oxygen atoms in total. The van der Waals surface area contributed by atoms with Gasteiger partial charge in [0.1, 0.15) is 11.6 Å². The number of nitrogens with zero attached hydrogens (tertiary/aromatic N) is 2. The Balaban J connectivity index is 1.26. The van der Waals surface area contributed by atoms with Crippen LogP contribution in [0.4, 0.5) is 42.9 Å². The minimum absolute atomic E-state index is 0.319. The van der Waals surface area contributed by atoms with Gasteiger partial charge in [-0.3, -0.25) is 0 Å². The molecule has 0 fully saturated rings. The number of halogens is 2. The fourth-order valence-corrected chi connectivity index (χ4v) is 8.28. The van der Waals surface area contributed by atoms with Gasteiger partial charge in [-0.25, -0.2) is 8.78 Å². The van der Waals surface area contributed by atoms with Crippen LogP contribution in [0.15, 0.2) is 206 Å². The lowest BCUT2D eigenvalue weighted by atomic mass is 9.91. The van der Waals surface area contributed by atoms with E-state index in [9.17, 15) is 0 Å². The minimum Gasteiger partial charge on any atom is -0.307 e. The first-order chi connectivity index (χ1) is 27.7. The number of rotatable bonds is 8. The van der Waals surface area contributed by atoms with E-state index in [2.05, 4.69) is 48.5 Å². The zero-order valence-corrected chi connectivity index (χ0v) is 30.3. The molecule has 0 amide bonds. The number of hydrogen-bond donors (Lipinski definition) is 0. The molecular weight excluding hydrogens is 691 g/mol. The van der Waals surface area contributed by atoms with Crippen LogP contribution in [0.2, 0.25) is 0 Å². The molecule has 56 heavy (non-hydrogen) atoms. The predicted octanol–water partition coefficient (Wildman–Crippen LogP) is 15.1. The summed E-state index contributed by atoms with van der Waals surface area (Å²) in [6.45, 7) is 0. The van der Waals surface area contributed by atoms with Gasteiger partial charge in [0, 0.05) is 33.3 Å². The third kappa shape index (κ3) is 5.54. The number of hydrogen-bond acceptors (Lipinski definition) is 2. The molecular formula is C52H34F2N2. The standard InChI is InChI=1S/C52H34F2N2/c53-45-25-13-23-41(35-15-5-1-6-16-35)51(45)55(39-19-9-3-10-20-39)47-33-29-37-28-32-44-48(34-30-38-27-31-43(47)49(37)50(38)44)56(40-21-11-4-12-22-40)52-42(24-14-26-46(52)54)36-17-7-2-8-18-36/h1-34H. The van der Waals surface area contributed by atoms with Gasteiger partial charge in [0.2, 0.25) is 0 Å². The maximum atomic E-state index is 16.5. The van der Waals surface area contributed by atoms with E-state index in [4.69, 9.17) is 0 Å². The van der Waals surface area contributed by atoms with Gasteiger partial charge >= 0.3 is 0 Å². The van der Waals surface area contributed by atoms with Gasteiger partial charge in [-0.15, -0.1) is 0 Å². The smallest absolute Gasteiger partial charge is 0.147 e. The van der Waals surface area contributed by atoms with Gasteiger partial charge in [-0.2, -0.15) is 0 Å². The average molecular weight is 725 g/mol. The zero-order chi connectivity index (χ0) is 37.6. The molecule has 0 aromatic heterocycles. The highest BCUT2D eigenvalue weighted by atomic mass is 19.1. The molecule has 4 heteroatoms. The summed E-state index contributed by atoms with van der Waals surface area (Å²) in [7, 11) is 0. The Bertz CT molecular complexity index is 2780. The average Bonchev–Trinajstić information content (AvgIpc) is 3.26. The van der Waals surface area contributed by atoms with E-state index in [0.717, 1.165) is 77.3 Å². The summed E-state index contributed by atoms with van der Waals surface area (Å²) in [5, 5.41) is 6.19. The van der Waals surface area contributed by atoms with Crippen LogP contribution in [0.1, 0.15) is 0 Å². The predicted molar refractivity (Wildman–Crippen MR) is 230 cm³/mol. The fraction of sp³-hybridized carbons (Fsp3) is 0. The molecule has 266 valence electrons. The molecule has 10 aromatic carbocycles. The first-order valence-electron chi connectivity index (χ1n) is 18.7. The molecule has 0 aliphatic rings. The van der Waals surface area contributed by atoms with Crippen LogP contribution in [0.3, 0.4) is 0 Å². The van der Waals surface area contributed by atoms with E-state index < -0.39 is 0 Å². The molecule has 0 aliphatic carbocycles. The Morgan fingerprint density at radius 2 is 0.661 bits per heavy atom. The van der Waals surface area contributed by atoms with Crippen LogP contribution >= 0.6 is 0 Å². The van der Waals surface area contributed by atoms with Crippen molar-refractivity contribution in [1.29, 1.82) is 0 Å². The Morgan fingerprint density at radius 1 is 0.304 bits per heavy atom. The van der Waals surface area contributed by atoms with Crippen LogP contribution in [-0.2, 0) is 0 Å². The summed E-state index contributed by atoms with van der Waals surface area (Å²) < 4.78 is 33.1. The van der Waals surface area contributed by atoms with Crippen LogP contribution in [0, 0.1) is 11.6 Å². The van der Waals surface area contributed by atoms with Crippen LogP contribution in [-0.4, -0.2) is 0 Å². The Kier molecular flexibility index (Phi) is 8.23. The normalized spacial score (nSPS) is 11.4. The maximum Gasteiger partial charge on any atom is 0.147 e. The Morgan fingerprint density at radius 3 is 1.05 bits per heavy atom. The van der Waals surface area contributed by atoms with Crippen molar-refractivity contribution in [3.8, 4) is 22.3 Å². The highest BCUT2D eigenvalue weighted by molar-refractivity contribution is 6.28. The fourth-order valence-electron chi connectivity index (χ4n) is 8.28. The van der Waals surface area contributed by atoms with Crippen LogP contribution < -0.4 is 9.80 Å². The summed E-state index contributed by atoms with van der Waals surface area (Å²) in [5.74, 6) is -0.637. The topological polar surface area (TPSA) is 6.48 Å². The molecule has 0 N–H and O–H groups in total. The first kappa shape index (κ1) is 33.3. The summed E-state index contributed by atoms with van der Waals surface area (Å²) in [4.78, 5) is 4.10. The molecule has 0 heterocycles. The summed E-state index contributed by atoms with van der Waals surface area (Å²) >= 11 is 0. The van der Waals surface area contributed by atoms with Crippen LogP contribution in [0.5, 0.6) is 0 Å². The first-order valence-corrected chi connectivity index (χ1v) is 18.7. The van der Waals surface area contributed by atoms with E-state index in [1.54, 1.807) is 12.1 Å². The monoisotopic (exact) mass is 724 g/mol. The van der Waals surface area contributed by atoms with Gasteiger partial charge in [0.25, 0.3) is 0 Å². The summed E-state index contributed by atoms with van der Waals surface area (Å²) in [5.41, 5.74) is 7.77. The Labute approximate surface area is 324 Å². The van der Waals surface area contributed by atoms with Crippen molar-refractivity contribution >= 4 is 66.4 Å². The quantitative estimate of drug-likeness (QED) is 0.144. The number of benzene rings is 10. The van der Waals surface area contributed by atoms with Crippen molar-refractivity contribution in [1.82, 2.24) is 0 Å². The molecule has 0 unspecified atom stereocenters. The summed E-state index contributed by atoms with van der Waals surface area (Å²) in [6.07, 6.45) is 0. The van der Waals surface area contributed by atoms with Gasteiger partial charge in [0.05, 0.1) is 22.7 Å². The van der Waals surface area contributed by atoms with Gasteiger partial charge in [0.15, 0.2) is 0 Å². The van der Waals surface area contributed by atoms with E-state index in [1.165, 1.54) is 12.1 Å². The van der Waals surface area contributed by atoms with Crippen molar-refractivity contribution in [2.24, 2.45) is 0 Å². The second kappa shape index (κ2) is 13.8. The van der Waals surface area contributed by atoms with Crippen molar-refractivity contribution in [2.45, 2.75) is 0 Å². The molecule has 0 radical (unpaired) electrons. The molecule has 0 atom stereocenters. The second-order valence-electron chi connectivity index (χ2n) is 13.9.